The zero-order valence-electron chi connectivity index (χ0n) is 4.70. The fourth-order valence-corrected chi connectivity index (χ4v) is 0.605. The van der Waals surface area contributed by atoms with Crippen LogP contribution in [0.1, 0.15) is 6.92 Å². The van der Waals surface area contributed by atoms with Crippen molar-refractivity contribution in [1.29, 1.82) is 0 Å². The van der Waals surface area contributed by atoms with Crippen molar-refractivity contribution < 1.29 is 18.7 Å². The Labute approximate surface area is 54.5 Å². The molecule has 0 heterocycles. The Hall–Kier alpha value is -0.460. The molecule has 0 spiro atoms. The van der Waals surface area contributed by atoms with Gasteiger partial charge in [0.15, 0.2) is 0 Å². The Bertz CT molecular complexity index is 136. The minimum Gasteiger partial charge on any atom is -0.480 e. The number of carboxylic acids is 1. The fourth-order valence-electron chi connectivity index (χ4n) is 0.202. The van der Waals surface area contributed by atoms with Gasteiger partial charge in [-0.15, -0.1) is 0 Å². The van der Waals surface area contributed by atoms with E-state index in [1.54, 1.807) is 0 Å². The fraction of sp³-hybridized carbons (Fsp3) is 0.667. The van der Waals surface area contributed by atoms with Crippen molar-refractivity contribution in [2.45, 2.75) is 13.0 Å². The van der Waals surface area contributed by atoms with Crippen LogP contribution < -0.4 is 4.72 Å². The smallest absolute Gasteiger partial charge is 0.321 e. The van der Waals surface area contributed by atoms with Crippen molar-refractivity contribution in [1.82, 2.24) is 4.72 Å². The van der Waals surface area contributed by atoms with Gasteiger partial charge in [0.25, 0.3) is 0 Å². The summed E-state index contributed by atoms with van der Waals surface area (Å²) in [6.45, 7) is 1.27. The molecular weight excluding hydrogens is 146 g/mol. The molecule has 0 radical (unpaired) electrons. The highest BCUT2D eigenvalue weighted by atomic mass is 32.2. The van der Waals surface area contributed by atoms with Crippen molar-refractivity contribution in [2.24, 2.45) is 0 Å². The Morgan fingerprint density at radius 2 is 2.22 bits per heavy atom. The van der Waals surface area contributed by atoms with Crippen molar-refractivity contribution >= 4 is 17.2 Å². The summed E-state index contributed by atoms with van der Waals surface area (Å²) in [5.41, 5.74) is 0. The minimum absolute atomic E-state index is 0.990. The molecule has 0 aliphatic carbocycles. The van der Waals surface area contributed by atoms with Gasteiger partial charge < -0.3 is 5.11 Å². The highest BCUT2D eigenvalue weighted by Crippen LogP contribution is 1.79. The van der Waals surface area contributed by atoms with E-state index in [4.69, 9.17) is 9.66 Å². The Balaban J connectivity index is 3.63. The number of carboxylic acid groups (broad SMARTS) is 1. The third kappa shape index (κ3) is 4.07. The molecule has 3 N–H and O–H groups in total. The third-order valence-electron chi connectivity index (χ3n) is 0.648. The van der Waals surface area contributed by atoms with Gasteiger partial charge in [-0.1, -0.05) is 0 Å². The first kappa shape index (κ1) is 8.54. The maximum absolute atomic E-state index is 9.93. The van der Waals surface area contributed by atoms with Gasteiger partial charge in [0.05, 0.1) is 0 Å². The van der Waals surface area contributed by atoms with Gasteiger partial charge in [-0.3, -0.25) is 9.35 Å². The largest absolute Gasteiger partial charge is 0.480 e. The molecule has 0 saturated heterocycles. The summed E-state index contributed by atoms with van der Waals surface area (Å²) >= 11 is -2.25. The van der Waals surface area contributed by atoms with Crippen molar-refractivity contribution in [3.05, 3.63) is 0 Å². The second-order valence-corrected chi connectivity index (χ2v) is 2.16. The van der Waals surface area contributed by atoms with Crippen LogP contribution in [0.2, 0.25) is 0 Å². The molecule has 0 bridgehead atoms. The second-order valence-electron chi connectivity index (χ2n) is 1.43. The standard InChI is InChI=1S/C3H7NO4S/c1-2(3(5)6)4-9(7)8/h2,4H,1H3,(H,5,6)(H,7,8). The van der Waals surface area contributed by atoms with Gasteiger partial charge in [0.1, 0.15) is 6.04 Å². The van der Waals surface area contributed by atoms with E-state index in [1.807, 2.05) is 4.72 Å². The number of nitrogens with one attached hydrogen (secondary N) is 1. The maximum Gasteiger partial charge on any atom is 0.321 e. The second kappa shape index (κ2) is 3.54. The first-order valence-electron chi connectivity index (χ1n) is 2.14. The van der Waals surface area contributed by atoms with E-state index in [-0.39, 0.29) is 0 Å². The van der Waals surface area contributed by atoms with E-state index >= 15 is 0 Å². The zero-order valence-corrected chi connectivity index (χ0v) is 5.51. The normalized spacial score (nSPS) is 16.7. The molecule has 54 valence electrons. The lowest BCUT2D eigenvalue weighted by Crippen LogP contribution is -2.34. The molecule has 0 saturated carbocycles. The monoisotopic (exact) mass is 153 g/mol. The maximum atomic E-state index is 9.93. The van der Waals surface area contributed by atoms with Crippen LogP contribution in [0, 0.1) is 0 Å². The summed E-state index contributed by atoms with van der Waals surface area (Å²) < 4.78 is 19.8. The molecule has 2 unspecified atom stereocenters. The topological polar surface area (TPSA) is 86.6 Å². The highest BCUT2D eigenvalue weighted by Gasteiger charge is 2.10. The van der Waals surface area contributed by atoms with Gasteiger partial charge in [-0.05, 0) is 6.92 Å². The van der Waals surface area contributed by atoms with Crippen molar-refractivity contribution in [2.75, 3.05) is 0 Å². The van der Waals surface area contributed by atoms with Gasteiger partial charge in [-0.2, -0.15) is 0 Å². The molecule has 0 rings (SSSR count). The summed E-state index contributed by atoms with van der Waals surface area (Å²) in [5.74, 6) is -1.16. The molecule has 0 aliphatic rings. The van der Waals surface area contributed by atoms with Gasteiger partial charge >= 0.3 is 5.97 Å². The summed E-state index contributed by atoms with van der Waals surface area (Å²) in [5, 5.41) is 8.12. The van der Waals surface area contributed by atoms with Gasteiger partial charge in [-0.25, -0.2) is 8.93 Å². The van der Waals surface area contributed by atoms with Crippen molar-refractivity contribution in [3.63, 3.8) is 0 Å². The number of hydrogen-bond donors (Lipinski definition) is 3. The number of carbonyl (C=O) groups is 1. The van der Waals surface area contributed by atoms with E-state index in [0.29, 0.717) is 0 Å². The van der Waals surface area contributed by atoms with E-state index < -0.39 is 23.3 Å². The molecule has 0 aromatic carbocycles. The van der Waals surface area contributed by atoms with Crippen LogP contribution in [0.15, 0.2) is 0 Å². The van der Waals surface area contributed by atoms with Crippen LogP contribution in [-0.2, 0) is 16.1 Å². The predicted octanol–water partition coefficient (Wildman–Crippen LogP) is -0.814. The molecular formula is C3H7NO4S. The molecule has 0 aliphatic heterocycles. The molecule has 2 atom stereocenters. The predicted molar refractivity (Wildman–Crippen MR) is 31.0 cm³/mol. The first-order chi connectivity index (χ1) is 4.04. The summed E-state index contributed by atoms with van der Waals surface area (Å²) in [7, 11) is 0. The molecule has 0 amide bonds. The molecule has 5 nitrogen and oxygen atoms in total. The molecule has 0 aromatic rings. The quantitative estimate of drug-likeness (QED) is 0.462. The van der Waals surface area contributed by atoms with E-state index in [2.05, 4.69) is 0 Å². The molecule has 0 fully saturated rings. The van der Waals surface area contributed by atoms with Crippen LogP contribution in [0.4, 0.5) is 0 Å². The number of rotatable bonds is 3. The first-order valence-corrected chi connectivity index (χ1v) is 3.24. The number of hydrogen-bond acceptors (Lipinski definition) is 2. The number of aliphatic carboxylic acids is 1. The van der Waals surface area contributed by atoms with E-state index in [9.17, 15) is 9.00 Å². The summed E-state index contributed by atoms with van der Waals surface area (Å²) in [6, 6.07) is -0.990. The molecule has 0 aromatic heterocycles. The lowest BCUT2D eigenvalue weighted by molar-refractivity contribution is -0.138. The van der Waals surface area contributed by atoms with Gasteiger partial charge in [0, 0.05) is 0 Å². The third-order valence-corrected chi connectivity index (χ3v) is 1.20. The van der Waals surface area contributed by atoms with E-state index in [0.717, 1.165) is 0 Å². The van der Waals surface area contributed by atoms with Crippen LogP contribution in [0.5, 0.6) is 0 Å². The van der Waals surface area contributed by atoms with E-state index in [1.165, 1.54) is 6.92 Å². The Morgan fingerprint density at radius 1 is 1.78 bits per heavy atom. The average Bonchev–Trinajstić information content (AvgIpc) is 1.63. The van der Waals surface area contributed by atoms with Crippen LogP contribution >= 0.6 is 0 Å². The minimum atomic E-state index is -2.25. The highest BCUT2D eigenvalue weighted by molar-refractivity contribution is 7.77. The lowest BCUT2D eigenvalue weighted by Gasteiger charge is -2.01. The SMILES string of the molecule is CC(NS(=O)O)C(=O)O. The van der Waals surface area contributed by atoms with Crippen molar-refractivity contribution in [3.8, 4) is 0 Å². The lowest BCUT2D eigenvalue weighted by atomic mass is 10.4. The molecule has 6 heteroatoms. The molecule has 9 heavy (non-hydrogen) atoms. The van der Waals surface area contributed by atoms with Crippen LogP contribution in [0.3, 0.4) is 0 Å². The average molecular weight is 153 g/mol. The Morgan fingerprint density at radius 3 is 2.33 bits per heavy atom. The van der Waals surface area contributed by atoms with Crippen LogP contribution in [0.25, 0.3) is 0 Å². The van der Waals surface area contributed by atoms with Crippen LogP contribution in [-0.4, -0.2) is 25.9 Å². The zero-order chi connectivity index (χ0) is 7.44. The van der Waals surface area contributed by atoms with Gasteiger partial charge in [0.2, 0.25) is 11.3 Å². The summed E-state index contributed by atoms with van der Waals surface area (Å²) in [4.78, 5) is 9.93. The Kier molecular flexibility index (Phi) is 3.36. The summed E-state index contributed by atoms with van der Waals surface area (Å²) in [6.07, 6.45) is 0.